The van der Waals surface area contributed by atoms with E-state index in [2.05, 4.69) is 26.0 Å². The van der Waals surface area contributed by atoms with Crippen LogP contribution >= 0.6 is 19.3 Å². The molecule has 16 heteroatoms. The molecule has 3 heterocycles. The maximum absolute atomic E-state index is 13.9. The number of rotatable bonds is 10. The second-order valence-electron chi connectivity index (χ2n) is 9.33. The third-order valence-electron chi connectivity index (χ3n) is 5.90. The van der Waals surface area contributed by atoms with Crippen molar-refractivity contribution in [2.75, 3.05) is 12.3 Å². The minimum absolute atomic E-state index is 0.00574. The molecule has 2 aromatic heterocycles. The highest BCUT2D eigenvalue weighted by Gasteiger charge is 2.50. The minimum atomic E-state index is -4.33. The summed E-state index contributed by atoms with van der Waals surface area (Å²) in [6.45, 7) is 4.20. The number of benzene rings is 1. The zero-order valence-electron chi connectivity index (χ0n) is 21.9. The number of halogens is 1. The van der Waals surface area contributed by atoms with Gasteiger partial charge in [-0.3, -0.25) is 13.9 Å². The van der Waals surface area contributed by atoms with Crippen molar-refractivity contribution in [2.45, 2.75) is 57.3 Å². The van der Waals surface area contributed by atoms with Crippen LogP contribution in [-0.2, 0) is 23.4 Å². The van der Waals surface area contributed by atoms with E-state index in [0.717, 1.165) is 0 Å². The summed E-state index contributed by atoms with van der Waals surface area (Å²) in [6, 6.07) is 4.91. The number of nitrogen functional groups attached to an aromatic ring is 1. The van der Waals surface area contributed by atoms with Crippen molar-refractivity contribution in [1.82, 2.24) is 24.6 Å². The van der Waals surface area contributed by atoms with Gasteiger partial charge in [0.25, 0.3) is 0 Å². The molecule has 4 rings (SSSR count). The molecule has 0 bridgehead atoms. The summed E-state index contributed by atoms with van der Waals surface area (Å²) in [5.41, 5.74) is 5.11. The summed E-state index contributed by atoms with van der Waals surface area (Å²) >= 11 is 5.96. The first-order valence-electron chi connectivity index (χ1n) is 12.1. The Morgan fingerprint density at radius 2 is 2.10 bits per heavy atom. The second kappa shape index (κ2) is 11.7. The molecule has 2 unspecified atom stereocenters. The number of hydrogen-bond donors (Lipinski definition) is 3. The van der Waals surface area contributed by atoms with Crippen molar-refractivity contribution in [3.63, 3.8) is 0 Å². The Hall–Kier alpha value is -3.18. The van der Waals surface area contributed by atoms with E-state index >= 15 is 0 Å². The van der Waals surface area contributed by atoms with E-state index < -0.39 is 50.4 Å². The van der Waals surface area contributed by atoms with E-state index in [0.29, 0.717) is 5.46 Å². The van der Waals surface area contributed by atoms with E-state index in [-0.39, 0.29) is 34.4 Å². The van der Waals surface area contributed by atoms with Gasteiger partial charge in [0.15, 0.2) is 17.1 Å². The van der Waals surface area contributed by atoms with Gasteiger partial charge in [-0.2, -0.15) is 15.1 Å². The number of terminal acetylenes is 1. The Balaban J connectivity index is 1.58. The maximum atomic E-state index is 13.9. The smallest absolute Gasteiger partial charge is 0.459 e. The third kappa shape index (κ3) is 6.41. The van der Waals surface area contributed by atoms with Crippen molar-refractivity contribution >= 4 is 55.6 Å². The Morgan fingerprint density at radius 1 is 1.40 bits per heavy atom. The minimum Gasteiger partial charge on any atom is -0.462 e. The number of carbonyl (C=O) groups excluding carboxylic acids is 1. The van der Waals surface area contributed by atoms with Gasteiger partial charge in [0.05, 0.1) is 12.4 Å². The van der Waals surface area contributed by atoms with Gasteiger partial charge < -0.3 is 24.8 Å². The zero-order valence-corrected chi connectivity index (χ0v) is 23.5. The predicted octanol–water partition coefficient (Wildman–Crippen LogP) is 1.64. The number of nitrogens with one attached hydrogen (secondary N) is 1. The lowest BCUT2D eigenvalue weighted by Gasteiger charge is -2.29. The van der Waals surface area contributed by atoms with Crippen LogP contribution in [-0.4, -0.2) is 68.9 Å². The van der Waals surface area contributed by atoms with Crippen LogP contribution in [0.25, 0.3) is 11.2 Å². The number of carbonyl (C=O) groups is 1. The molecule has 1 aliphatic heterocycles. The molecule has 1 fully saturated rings. The first-order chi connectivity index (χ1) is 18.8. The average molecular weight is 589 g/mol. The summed E-state index contributed by atoms with van der Waals surface area (Å²) in [7, 11) is 1.40. The van der Waals surface area contributed by atoms with Crippen molar-refractivity contribution < 1.29 is 33.0 Å². The fourth-order valence-electron chi connectivity index (χ4n) is 3.91. The van der Waals surface area contributed by atoms with Crippen LogP contribution in [0, 0.1) is 12.3 Å². The monoisotopic (exact) mass is 588 g/mol. The highest BCUT2D eigenvalue weighted by molar-refractivity contribution is 7.52. The normalized spacial score (nSPS) is 23.0. The molecule has 0 saturated carbocycles. The number of nitrogens with zero attached hydrogens (tertiary/aromatic N) is 4. The van der Waals surface area contributed by atoms with Gasteiger partial charge in [0.2, 0.25) is 5.28 Å². The molecule has 13 nitrogen and oxygen atoms in total. The zero-order chi connectivity index (χ0) is 29.2. The molecule has 0 spiro atoms. The first-order valence-corrected chi connectivity index (χ1v) is 14.0. The van der Waals surface area contributed by atoms with Gasteiger partial charge in [0, 0.05) is 6.42 Å². The summed E-state index contributed by atoms with van der Waals surface area (Å²) < 4.78 is 38.0. The first kappa shape index (κ1) is 29.8. The molecule has 1 aromatic carbocycles. The van der Waals surface area contributed by atoms with Crippen molar-refractivity contribution in [1.29, 1.82) is 0 Å². The Kier molecular flexibility index (Phi) is 8.75. The summed E-state index contributed by atoms with van der Waals surface area (Å²) in [6.07, 6.45) is 4.64. The predicted molar refractivity (Wildman–Crippen MR) is 147 cm³/mol. The van der Waals surface area contributed by atoms with Gasteiger partial charge in [0.1, 0.15) is 44.1 Å². The summed E-state index contributed by atoms with van der Waals surface area (Å²) in [4.78, 5) is 24.6. The molecule has 0 amide bonds. The number of imidazole rings is 1. The van der Waals surface area contributed by atoms with Gasteiger partial charge in [-0.15, -0.1) is 6.42 Å². The summed E-state index contributed by atoms with van der Waals surface area (Å²) in [5.74, 6) is 1.92. The largest absolute Gasteiger partial charge is 0.462 e. The molecule has 3 aromatic rings. The molecule has 5 atom stereocenters. The quantitative estimate of drug-likeness (QED) is 0.103. The van der Waals surface area contributed by atoms with E-state index in [1.165, 1.54) is 42.1 Å². The molecular weight excluding hydrogens is 562 g/mol. The van der Waals surface area contributed by atoms with Crippen molar-refractivity contribution in [3.8, 4) is 18.1 Å². The lowest BCUT2D eigenvalue weighted by Crippen LogP contribution is -2.44. The van der Waals surface area contributed by atoms with Crippen molar-refractivity contribution in [2.24, 2.45) is 0 Å². The number of aliphatic hydroxyl groups excluding tert-OH is 1. The Morgan fingerprint density at radius 3 is 2.75 bits per heavy atom. The third-order valence-corrected chi connectivity index (χ3v) is 7.69. The molecule has 210 valence electrons. The number of anilines is 1. The number of aromatic nitrogens is 4. The second-order valence-corrected chi connectivity index (χ2v) is 11.4. The van der Waals surface area contributed by atoms with Crippen LogP contribution in [0.1, 0.15) is 33.4 Å². The van der Waals surface area contributed by atoms with Crippen LogP contribution in [0.2, 0.25) is 5.28 Å². The van der Waals surface area contributed by atoms with Crippen LogP contribution < -0.4 is 20.8 Å². The van der Waals surface area contributed by atoms with Gasteiger partial charge in [-0.25, -0.2) is 9.55 Å². The van der Waals surface area contributed by atoms with Crippen molar-refractivity contribution in [3.05, 3.63) is 35.9 Å². The lowest BCUT2D eigenvalue weighted by atomic mass is 9.97. The van der Waals surface area contributed by atoms with Gasteiger partial charge in [-0.05, 0) is 44.5 Å². The van der Waals surface area contributed by atoms with E-state index in [4.69, 9.17) is 50.1 Å². The maximum Gasteiger partial charge on any atom is 0.459 e. The number of esters is 1. The fraction of sp³-hybridized carbons (Fsp3) is 0.417. The lowest BCUT2D eigenvalue weighted by molar-refractivity contribution is -0.149. The molecule has 1 saturated heterocycles. The fourth-order valence-corrected chi connectivity index (χ4v) is 5.60. The molecule has 1 aliphatic rings. The molecule has 2 radical (unpaired) electrons. The van der Waals surface area contributed by atoms with Gasteiger partial charge in [-0.1, -0.05) is 23.5 Å². The van der Waals surface area contributed by atoms with Gasteiger partial charge >= 0.3 is 13.7 Å². The standard InChI is InChI=1S/C24H27BClN6O7P/c1-5-24(17(33)10-18(38-24)32-12-28-19-20(27)29-23(26)30-21(19)32)11-36-40(35,31-14(4)22(34)37-13(2)3)39-16-8-6-15(25)7-9-16/h1,6-9,12-14,17-18,33H,10-11H2,2-4H3,(H,31,35)(H2,27,29,30)/t14-,17-,18?,24+,40?/m0/s1. The van der Waals surface area contributed by atoms with Crippen LogP contribution in [0.3, 0.4) is 0 Å². The van der Waals surface area contributed by atoms with Crippen LogP contribution in [0.4, 0.5) is 5.82 Å². The molecule has 4 N–H and O–H groups in total. The average Bonchev–Trinajstić information content (AvgIpc) is 3.45. The van der Waals surface area contributed by atoms with Crippen LogP contribution in [0.5, 0.6) is 5.75 Å². The van der Waals surface area contributed by atoms with Crippen LogP contribution in [0.15, 0.2) is 30.6 Å². The Bertz CT molecular complexity index is 1480. The van der Waals surface area contributed by atoms with E-state index in [1.807, 2.05) is 0 Å². The number of fused-ring (bicyclic) bond motifs is 1. The van der Waals surface area contributed by atoms with E-state index in [9.17, 15) is 14.5 Å². The highest BCUT2D eigenvalue weighted by atomic mass is 35.5. The van der Waals surface area contributed by atoms with E-state index in [1.54, 1.807) is 13.8 Å². The Labute approximate surface area is 236 Å². The molecule has 40 heavy (non-hydrogen) atoms. The number of aliphatic hydroxyl groups is 1. The number of nitrogens with two attached hydrogens (primary N) is 1. The SMILES string of the molecule is [B]c1ccc(OP(=O)(N[C@@H](C)C(=O)OC(C)C)OC[C@@]2(C#C)OC(n3cnc4c(N)nc(Cl)nc43)C[C@@H]2O)cc1. The molecular formula is C24H27BClN6O7P. The highest BCUT2D eigenvalue weighted by Crippen LogP contribution is 2.48. The molecule has 0 aliphatic carbocycles. The number of ether oxygens (including phenoxy) is 2. The summed E-state index contributed by atoms with van der Waals surface area (Å²) in [5, 5.41) is 13.4. The number of hydrogen-bond acceptors (Lipinski definition) is 11. The topological polar surface area (TPSA) is 173 Å².